The van der Waals surface area contributed by atoms with Gasteiger partial charge in [-0.15, -0.1) is 9.05 Å². The highest BCUT2D eigenvalue weighted by molar-refractivity contribution is 7.33. The first-order chi connectivity index (χ1) is 8.63. The first-order valence-corrected chi connectivity index (χ1v) is 7.57. The Bertz CT molecular complexity index is 304. The Morgan fingerprint density at radius 1 is 1.50 bits per heavy atom. The van der Waals surface area contributed by atoms with E-state index in [-0.39, 0.29) is 13.0 Å². The minimum absolute atomic E-state index is 0.175. The summed E-state index contributed by atoms with van der Waals surface area (Å²) in [6, 6.07) is 2.48. The average Bonchev–Trinajstić information content (AvgIpc) is 2.37. The molecule has 102 valence electrons. The fraction of sp³-hybridized carbons (Fsp3) is 0.917. The van der Waals surface area contributed by atoms with E-state index in [1.54, 1.807) is 0 Å². The van der Waals surface area contributed by atoms with E-state index in [0.717, 1.165) is 25.9 Å². The maximum Gasteiger partial charge on any atom is 0.697 e. The zero-order valence-corrected chi connectivity index (χ0v) is 12.1. The molecule has 0 saturated carbocycles. The molecule has 1 rings (SSSR count). The molecule has 1 aliphatic heterocycles. The first kappa shape index (κ1) is 15.5. The van der Waals surface area contributed by atoms with Crippen molar-refractivity contribution in [3.05, 3.63) is 0 Å². The molecule has 0 aromatic heterocycles. The summed E-state index contributed by atoms with van der Waals surface area (Å²) in [6.45, 7) is 7.17. The van der Waals surface area contributed by atoms with Gasteiger partial charge in [-0.3, -0.25) is 0 Å². The Hall–Kier alpha value is -0.530. The van der Waals surface area contributed by atoms with Crippen molar-refractivity contribution in [3.63, 3.8) is 0 Å². The maximum absolute atomic E-state index is 11.4. The van der Waals surface area contributed by atoms with Crippen LogP contribution in [0.25, 0.3) is 0 Å². The van der Waals surface area contributed by atoms with Crippen LogP contribution >= 0.6 is 8.25 Å². The molecule has 0 spiro atoms. The second-order valence-electron chi connectivity index (χ2n) is 4.86. The van der Waals surface area contributed by atoms with Crippen molar-refractivity contribution in [2.75, 3.05) is 26.3 Å². The molecule has 0 aliphatic carbocycles. The van der Waals surface area contributed by atoms with Crippen LogP contribution in [0, 0.1) is 17.2 Å². The molecule has 0 bridgehead atoms. The van der Waals surface area contributed by atoms with E-state index in [9.17, 15) is 4.57 Å². The van der Waals surface area contributed by atoms with Crippen molar-refractivity contribution in [2.45, 2.75) is 39.2 Å². The highest BCUT2D eigenvalue weighted by Gasteiger charge is 2.27. The summed E-state index contributed by atoms with van der Waals surface area (Å²) >= 11 is 0. The second kappa shape index (κ2) is 8.55. The minimum atomic E-state index is -2.07. The molecular formula is C12H22N2O3P+. The summed E-state index contributed by atoms with van der Waals surface area (Å²) < 4.78 is 21.5. The van der Waals surface area contributed by atoms with Crippen LogP contribution in [0.2, 0.25) is 0 Å². The molecule has 18 heavy (non-hydrogen) atoms. The van der Waals surface area contributed by atoms with Crippen molar-refractivity contribution in [1.29, 1.82) is 5.26 Å². The first-order valence-electron chi connectivity index (χ1n) is 6.47. The Morgan fingerprint density at radius 3 is 2.94 bits per heavy atom. The number of piperidine rings is 1. The second-order valence-corrected chi connectivity index (χ2v) is 5.82. The molecule has 1 aliphatic rings. The topological polar surface area (TPSA) is 62.6 Å². The molecule has 1 fully saturated rings. The third-order valence-corrected chi connectivity index (χ3v) is 3.86. The lowest BCUT2D eigenvalue weighted by atomic mass is 9.98. The minimum Gasteiger partial charge on any atom is -0.301 e. The molecule has 1 heterocycles. The number of nitriles is 1. The van der Waals surface area contributed by atoms with E-state index in [2.05, 4.69) is 18.7 Å². The van der Waals surface area contributed by atoms with Gasteiger partial charge in [0.1, 0.15) is 13.2 Å². The van der Waals surface area contributed by atoms with E-state index in [1.165, 1.54) is 0 Å². The van der Waals surface area contributed by atoms with Gasteiger partial charge in [0.05, 0.1) is 12.5 Å². The van der Waals surface area contributed by atoms with Crippen LogP contribution in [-0.4, -0.2) is 37.2 Å². The van der Waals surface area contributed by atoms with Gasteiger partial charge < -0.3 is 4.90 Å². The average molecular weight is 273 g/mol. The molecule has 0 N–H and O–H groups in total. The van der Waals surface area contributed by atoms with E-state index in [0.29, 0.717) is 18.6 Å². The Morgan fingerprint density at radius 2 is 2.28 bits per heavy atom. The summed E-state index contributed by atoms with van der Waals surface area (Å²) in [5.74, 6) is 0.430. The highest BCUT2D eigenvalue weighted by Crippen LogP contribution is 2.27. The lowest BCUT2D eigenvalue weighted by Crippen LogP contribution is -2.41. The van der Waals surface area contributed by atoms with E-state index < -0.39 is 8.25 Å². The van der Waals surface area contributed by atoms with Gasteiger partial charge >= 0.3 is 8.25 Å². The summed E-state index contributed by atoms with van der Waals surface area (Å²) in [7, 11) is -2.07. The van der Waals surface area contributed by atoms with Crippen molar-refractivity contribution in [1.82, 2.24) is 4.90 Å². The highest BCUT2D eigenvalue weighted by atomic mass is 31.1. The fourth-order valence-electron chi connectivity index (χ4n) is 2.07. The van der Waals surface area contributed by atoms with Crippen LogP contribution in [0.4, 0.5) is 0 Å². The van der Waals surface area contributed by atoms with Gasteiger partial charge in [0.15, 0.2) is 0 Å². The number of nitrogens with zero attached hydrogens (tertiary/aromatic N) is 2. The van der Waals surface area contributed by atoms with E-state index in [4.69, 9.17) is 14.3 Å². The Labute approximate surface area is 110 Å². The fourth-order valence-corrected chi connectivity index (χ4v) is 2.72. The Kier molecular flexibility index (Phi) is 7.38. The van der Waals surface area contributed by atoms with Crippen molar-refractivity contribution < 1.29 is 13.6 Å². The quantitative estimate of drug-likeness (QED) is 0.527. The van der Waals surface area contributed by atoms with E-state index >= 15 is 0 Å². The predicted octanol–water partition coefficient (Wildman–Crippen LogP) is 2.71. The van der Waals surface area contributed by atoms with Crippen molar-refractivity contribution >= 4 is 8.25 Å². The Balaban J connectivity index is 2.18. The molecule has 0 amide bonds. The molecule has 6 heteroatoms. The number of hydrogen-bond acceptors (Lipinski definition) is 5. The van der Waals surface area contributed by atoms with Gasteiger partial charge in [-0.1, -0.05) is 0 Å². The zero-order valence-electron chi connectivity index (χ0n) is 11.2. The molecule has 5 nitrogen and oxygen atoms in total. The van der Waals surface area contributed by atoms with Crippen LogP contribution < -0.4 is 0 Å². The van der Waals surface area contributed by atoms with Gasteiger partial charge in [0, 0.05) is 23.1 Å². The lowest BCUT2D eigenvalue weighted by Gasteiger charge is -2.34. The van der Waals surface area contributed by atoms with Crippen LogP contribution in [-0.2, 0) is 13.6 Å². The normalized spacial score (nSPS) is 21.9. The van der Waals surface area contributed by atoms with Gasteiger partial charge in [-0.05, 0) is 33.2 Å². The largest absolute Gasteiger partial charge is 0.697 e. The lowest BCUT2D eigenvalue weighted by molar-refractivity contribution is 0.102. The van der Waals surface area contributed by atoms with Crippen molar-refractivity contribution in [3.8, 4) is 6.07 Å². The third kappa shape index (κ3) is 5.88. The van der Waals surface area contributed by atoms with Crippen LogP contribution in [0.5, 0.6) is 0 Å². The predicted molar refractivity (Wildman–Crippen MR) is 69.2 cm³/mol. The summed E-state index contributed by atoms with van der Waals surface area (Å²) in [5, 5.41) is 8.32. The molecule has 0 aromatic carbocycles. The van der Waals surface area contributed by atoms with Gasteiger partial charge in [0.2, 0.25) is 0 Å². The molecule has 0 aromatic rings. The van der Waals surface area contributed by atoms with Crippen LogP contribution in [0.15, 0.2) is 0 Å². The molecule has 2 unspecified atom stereocenters. The van der Waals surface area contributed by atoms with Crippen LogP contribution in [0.1, 0.15) is 33.1 Å². The third-order valence-electron chi connectivity index (χ3n) is 3.11. The monoisotopic (exact) mass is 273 g/mol. The summed E-state index contributed by atoms with van der Waals surface area (Å²) in [5.41, 5.74) is 0. The number of hydrogen-bond donors (Lipinski definition) is 0. The smallest absolute Gasteiger partial charge is 0.301 e. The van der Waals surface area contributed by atoms with Gasteiger partial charge in [-0.2, -0.15) is 5.26 Å². The maximum atomic E-state index is 11.4. The number of rotatable bonds is 7. The van der Waals surface area contributed by atoms with Gasteiger partial charge in [-0.25, -0.2) is 0 Å². The van der Waals surface area contributed by atoms with Crippen LogP contribution in [0.3, 0.4) is 0 Å². The molecule has 1 saturated heterocycles. The van der Waals surface area contributed by atoms with E-state index in [1.807, 2.05) is 6.07 Å². The summed E-state index contributed by atoms with van der Waals surface area (Å²) in [4.78, 5) is 2.42. The summed E-state index contributed by atoms with van der Waals surface area (Å²) in [6.07, 6.45) is 2.53. The standard InChI is InChI=1S/C12H22N2O3P/c1-11(2)14-7-3-5-12(9-14)10-17-18(15)16-8-4-6-13/h11-12H,3-5,7-10H2,1-2H3/q+1. The van der Waals surface area contributed by atoms with Gasteiger partial charge in [0.25, 0.3) is 0 Å². The van der Waals surface area contributed by atoms with Crippen molar-refractivity contribution in [2.24, 2.45) is 5.92 Å². The number of likely N-dealkylation sites (tertiary alicyclic amines) is 1. The molecule has 2 atom stereocenters. The SMILES string of the molecule is CC(C)N1CCCC(CO[P+](=O)OCCC#N)C1. The zero-order chi connectivity index (χ0) is 13.4. The molecule has 0 radical (unpaired) electrons. The molecular weight excluding hydrogens is 251 g/mol.